The SMILES string of the molecule is NNC(CCCC1CCCO1)c1ccnc2ccccc12. The van der Waals surface area contributed by atoms with Crippen molar-refractivity contribution in [2.45, 2.75) is 44.2 Å². The van der Waals surface area contributed by atoms with Gasteiger partial charge in [0.1, 0.15) is 0 Å². The highest BCUT2D eigenvalue weighted by Crippen LogP contribution is 2.27. The number of aromatic nitrogens is 1. The summed E-state index contributed by atoms with van der Waals surface area (Å²) in [7, 11) is 0. The molecule has 2 atom stereocenters. The van der Waals surface area contributed by atoms with Crippen molar-refractivity contribution < 1.29 is 4.74 Å². The Balaban J connectivity index is 1.69. The number of nitrogens with one attached hydrogen (secondary N) is 1. The minimum Gasteiger partial charge on any atom is -0.378 e. The molecular weight excluding hydrogens is 262 g/mol. The normalized spacial score (nSPS) is 20.0. The number of fused-ring (bicyclic) bond motifs is 1. The Morgan fingerprint density at radius 2 is 2.24 bits per heavy atom. The molecule has 0 bridgehead atoms. The third-order valence-electron chi connectivity index (χ3n) is 4.30. The summed E-state index contributed by atoms with van der Waals surface area (Å²) in [6.07, 6.45) is 8.00. The summed E-state index contributed by atoms with van der Waals surface area (Å²) in [5.74, 6) is 5.79. The molecule has 0 spiro atoms. The van der Waals surface area contributed by atoms with Crippen molar-refractivity contribution in [3.63, 3.8) is 0 Å². The van der Waals surface area contributed by atoms with Gasteiger partial charge in [-0.1, -0.05) is 18.2 Å². The van der Waals surface area contributed by atoms with E-state index in [0.717, 1.165) is 31.4 Å². The number of hydrogen-bond acceptors (Lipinski definition) is 4. The van der Waals surface area contributed by atoms with Crippen LogP contribution in [0.4, 0.5) is 0 Å². The van der Waals surface area contributed by atoms with Crippen LogP contribution in [0.15, 0.2) is 36.5 Å². The van der Waals surface area contributed by atoms with E-state index in [0.29, 0.717) is 6.10 Å². The number of hydrogen-bond donors (Lipinski definition) is 2. The Hall–Kier alpha value is -1.49. The molecule has 21 heavy (non-hydrogen) atoms. The Kier molecular flexibility index (Phi) is 4.80. The van der Waals surface area contributed by atoms with Crippen LogP contribution in [-0.4, -0.2) is 17.7 Å². The lowest BCUT2D eigenvalue weighted by Gasteiger charge is -2.19. The van der Waals surface area contributed by atoms with E-state index in [2.05, 4.69) is 22.5 Å². The van der Waals surface area contributed by atoms with Gasteiger partial charge in [-0.3, -0.25) is 16.3 Å². The fourth-order valence-electron chi connectivity index (χ4n) is 3.17. The Morgan fingerprint density at radius 1 is 1.33 bits per heavy atom. The number of para-hydroxylation sites is 1. The zero-order valence-corrected chi connectivity index (χ0v) is 12.3. The van der Waals surface area contributed by atoms with E-state index in [1.807, 2.05) is 24.4 Å². The van der Waals surface area contributed by atoms with Crippen LogP contribution in [0.2, 0.25) is 0 Å². The first-order valence-corrected chi connectivity index (χ1v) is 7.80. The largest absolute Gasteiger partial charge is 0.378 e. The molecule has 2 unspecified atom stereocenters. The van der Waals surface area contributed by atoms with E-state index in [4.69, 9.17) is 10.6 Å². The topological polar surface area (TPSA) is 60.2 Å². The van der Waals surface area contributed by atoms with Gasteiger partial charge >= 0.3 is 0 Å². The van der Waals surface area contributed by atoms with Crippen molar-refractivity contribution in [2.24, 2.45) is 5.84 Å². The summed E-state index contributed by atoms with van der Waals surface area (Å²) in [5.41, 5.74) is 5.22. The molecule has 1 fully saturated rings. The zero-order valence-electron chi connectivity index (χ0n) is 12.3. The first-order valence-electron chi connectivity index (χ1n) is 7.80. The molecule has 1 aliphatic heterocycles. The molecule has 0 radical (unpaired) electrons. The standard InChI is InChI=1S/C17H23N3O/c18-20-17(9-3-5-13-6-4-12-21-13)15-10-11-19-16-8-2-1-7-14(15)16/h1-2,7-8,10-11,13,17,20H,3-6,9,12,18H2. The monoisotopic (exact) mass is 285 g/mol. The molecule has 1 aromatic carbocycles. The van der Waals surface area contributed by atoms with E-state index in [1.165, 1.54) is 23.8 Å². The van der Waals surface area contributed by atoms with E-state index in [-0.39, 0.29) is 6.04 Å². The van der Waals surface area contributed by atoms with Crippen LogP contribution in [-0.2, 0) is 4.74 Å². The highest BCUT2D eigenvalue weighted by Gasteiger charge is 2.17. The molecule has 1 aromatic heterocycles. The maximum absolute atomic E-state index is 5.79. The first-order chi connectivity index (χ1) is 10.4. The summed E-state index contributed by atoms with van der Waals surface area (Å²) in [6.45, 7) is 0.929. The summed E-state index contributed by atoms with van der Waals surface area (Å²) >= 11 is 0. The van der Waals surface area contributed by atoms with Crippen LogP contribution in [0, 0.1) is 0 Å². The number of nitrogens with two attached hydrogens (primary N) is 1. The van der Waals surface area contributed by atoms with E-state index < -0.39 is 0 Å². The molecule has 3 rings (SSSR count). The lowest BCUT2D eigenvalue weighted by molar-refractivity contribution is 0.101. The van der Waals surface area contributed by atoms with Gasteiger partial charge in [-0.2, -0.15) is 0 Å². The molecule has 2 heterocycles. The van der Waals surface area contributed by atoms with Crippen LogP contribution in [0.25, 0.3) is 10.9 Å². The molecule has 3 N–H and O–H groups in total. The van der Waals surface area contributed by atoms with E-state index in [9.17, 15) is 0 Å². The van der Waals surface area contributed by atoms with Crippen LogP contribution in [0.1, 0.15) is 43.7 Å². The minimum atomic E-state index is 0.166. The molecule has 0 amide bonds. The van der Waals surface area contributed by atoms with Crippen molar-refractivity contribution in [3.05, 3.63) is 42.1 Å². The second kappa shape index (κ2) is 6.98. The third-order valence-corrected chi connectivity index (χ3v) is 4.30. The highest BCUT2D eigenvalue weighted by atomic mass is 16.5. The average molecular weight is 285 g/mol. The van der Waals surface area contributed by atoms with Crippen molar-refractivity contribution in [3.8, 4) is 0 Å². The lowest BCUT2D eigenvalue weighted by atomic mass is 9.97. The highest BCUT2D eigenvalue weighted by molar-refractivity contribution is 5.82. The predicted molar refractivity (Wildman–Crippen MR) is 84.6 cm³/mol. The summed E-state index contributed by atoms with van der Waals surface area (Å²) in [4.78, 5) is 4.41. The summed E-state index contributed by atoms with van der Waals surface area (Å²) in [6, 6.07) is 10.5. The van der Waals surface area contributed by atoms with Gasteiger partial charge in [0.2, 0.25) is 0 Å². The predicted octanol–water partition coefficient (Wildman–Crippen LogP) is 3.09. The molecule has 1 saturated heterocycles. The lowest BCUT2D eigenvalue weighted by Crippen LogP contribution is -2.28. The van der Waals surface area contributed by atoms with Crippen LogP contribution < -0.4 is 11.3 Å². The number of nitrogens with zero attached hydrogens (tertiary/aromatic N) is 1. The fraction of sp³-hybridized carbons (Fsp3) is 0.471. The molecule has 4 nitrogen and oxygen atoms in total. The van der Waals surface area contributed by atoms with Crippen LogP contribution in [0.5, 0.6) is 0 Å². The number of rotatable bonds is 6. The number of hydrazine groups is 1. The zero-order chi connectivity index (χ0) is 14.5. The van der Waals surface area contributed by atoms with Gasteiger partial charge in [0.05, 0.1) is 11.6 Å². The number of ether oxygens (including phenoxy) is 1. The maximum atomic E-state index is 5.79. The van der Waals surface area contributed by atoms with Gasteiger partial charge in [0, 0.05) is 24.2 Å². The molecule has 4 heteroatoms. The molecule has 2 aromatic rings. The average Bonchev–Trinajstić information content (AvgIpc) is 3.05. The quantitative estimate of drug-likeness (QED) is 0.632. The second-order valence-corrected chi connectivity index (χ2v) is 5.70. The van der Waals surface area contributed by atoms with Crippen molar-refractivity contribution in [2.75, 3.05) is 6.61 Å². The second-order valence-electron chi connectivity index (χ2n) is 5.70. The molecule has 0 saturated carbocycles. The fourth-order valence-corrected chi connectivity index (χ4v) is 3.17. The Bertz CT molecular complexity index is 576. The van der Waals surface area contributed by atoms with Gasteiger partial charge in [-0.05, 0) is 49.8 Å². The molecule has 112 valence electrons. The Labute approximate surface area is 125 Å². The Morgan fingerprint density at radius 3 is 3.05 bits per heavy atom. The van der Waals surface area contributed by atoms with Gasteiger partial charge in [0.15, 0.2) is 0 Å². The molecule has 0 aliphatic carbocycles. The molecular formula is C17H23N3O. The summed E-state index contributed by atoms with van der Waals surface area (Å²) < 4.78 is 5.68. The van der Waals surface area contributed by atoms with Gasteiger partial charge < -0.3 is 4.74 Å². The van der Waals surface area contributed by atoms with Crippen molar-refractivity contribution in [1.29, 1.82) is 0 Å². The number of benzene rings is 1. The van der Waals surface area contributed by atoms with E-state index >= 15 is 0 Å². The van der Waals surface area contributed by atoms with Crippen molar-refractivity contribution >= 4 is 10.9 Å². The van der Waals surface area contributed by atoms with Crippen LogP contribution in [0.3, 0.4) is 0 Å². The first kappa shape index (κ1) is 14.4. The smallest absolute Gasteiger partial charge is 0.0705 e. The third kappa shape index (κ3) is 3.40. The van der Waals surface area contributed by atoms with Crippen LogP contribution >= 0.6 is 0 Å². The number of pyridine rings is 1. The van der Waals surface area contributed by atoms with Gasteiger partial charge in [0.25, 0.3) is 0 Å². The summed E-state index contributed by atoms with van der Waals surface area (Å²) in [5, 5.41) is 1.18. The van der Waals surface area contributed by atoms with Gasteiger partial charge in [-0.25, -0.2) is 0 Å². The van der Waals surface area contributed by atoms with Gasteiger partial charge in [-0.15, -0.1) is 0 Å². The molecule has 1 aliphatic rings. The maximum Gasteiger partial charge on any atom is 0.0705 e. The van der Waals surface area contributed by atoms with E-state index in [1.54, 1.807) is 0 Å². The van der Waals surface area contributed by atoms with Crippen molar-refractivity contribution in [1.82, 2.24) is 10.4 Å². The minimum absolute atomic E-state index is 0.166.